The van der Waals surface area contributed by atoms with Gasteiger partial charge in [-0.1, -0.05) is 30.3 Å². The minimum Gasteiger partial charge on any atom is -0.490 e. The topological polar surface area (TPSA) is 82.1 Å². The summed E-state index contributed by atoms with van der Waals surface area (Å²) in [6.07, 6.45) is 3.99. The fraction of sp³-hybridized carbons (Fsp3) is 0.481. The molecule has 2 atom stereocenters. The summed E-state index contributed by atoms with van der Waals surface area (Å²) in [4.78, 5) is 22.8. The van der Waals surface area contributed by atoms with Crippen LogP contribution >= 0.6 is 0 Å². The van der Waals surface area contributed by atoms with E-state index in [1.54, 1.807) is 6.07 Å². The SMILES string of the molecule is CC(=O)Oc1cc(O[C@@H](C)CCCc2ccccc2)cc2c1CC(CCC(=O)O)C(C)(C)O2. The van der Waals surface area contributed by atoms with Crippen molar-refractivity contribution in [2.45, 2.75) is 77.9 Å². The van der Waals surface area contributed by atoms with Crippen LogP contribution in [0.1, 0.15) is 64.5 Å². The number of ether oxygens (including phenoxy) is 3. The Labute approximate surface area is 195 Å². The lowest BCUT2D eigenvalue weighted by atomic mass is 9.79. The number of fused-ring (bicyclic) bond motifs is 1. The van der Waals surface area contributed by atoms with Gasteiger partial charge in [-0.25, -0.2) is 0 Å². The third-order valence-electron chi connectivity index (χ3n) is 6.16. The Morgan fingerprint density at radius 2 is 1.94 bits per heavy atom. The van der Waals surface area contributed by atoms with E-state index in [1.807, 2.05) is 45.0 Å². The summed E-state index contributed by atoms with van der Waals surface area (Å²) in [7, 11) is 0. The van der Waals surface area contributed by atoms with Crippen molar-refractivity contribution in [1.82, 2.24) is 0 Å². The zero-order valence-corrected chi connectivity index (χ0v) is 19.9. The van der Waals surface area contributed by atoms with Crippen LogP contribution in [0, 0.1) is 5.92 Å². The van der Waals surface area contributed by atoms with E-state index in [0.717, 1.165) is 24.8 Å². The molecule has 1 N–H and O–H groups in total. The molecule has 6 nitrogen and oxygen atoms in total. The van der Waals surface area contributed by atoms with Gasteiger partial charge in [0, 0.05) is 37.0 Å². The first-order valence-corrected chi connectivity index (χ1v) is 11.6. The van der Waals surface area contributed by atoms with E-state index in [9.17, 15) is 9.59 Å². The number of esters is 1. The van der Waals surface area contributed by atoms with Crippen molar-refractivity contribution in [3.8, 4) is 17.2 Å². The Kier molecular flexibility index (Phi) is 8.01. The highest BCUT2D eigenvalue weighted by Crippen LogP contribution is 2.45. The van der Waals surface area contributed by atoms with Crippen LogP contribution in [-0.4, -0.2) is 28.8 Å². The van der Waals surface area contributed by atoms with Crippen LogP contribution in [-0.2, 0) is 22.4 Å². The first-order valence-electron chi connectivity index (χ1n) is 11.6. The highest BCUT2D eigenvalue weighted by Gasteiger charge is 2.39. The van der Waals surface area contributed by atoms with Crippen LogP contribution in [0.4, 0.5) is 0 Å². The fourth-order valence-corrected chi connectivity index (χ4v) is 4.34. The van der Waals surface area contributed by atoms with Gasteiger partial charge in [-0.05, 0) is 58.4 Å². The molecule has 178 valence electrons. The molecule has 1 unspecified atom stereocenters. The van der Waals surface area contributed by atoms with Gasteiger partial charge in [0.2, 0.25) is 0 Å². The first kappa shape index (κ1) is 24.6. The fourth-order valence-electron chi connectivity index (χ4n) is 4.34. The summed E-state index contributed by atoms with van der Waals surface area (Å²) in [6, 6.07) is 14.0. The zero-order chi connectivity index (χ0) is 24.0. The van der Waals surface area contributed by atoms with Gasteiger partial charge in [0.1, 0.15) is 22.8 Å². The van der Waals surface area contributed by atoms with Crippen LogP contribution in [0.15, 0.2) is 42.5 Å². The minimum absolute atomic E-state index is 0.0147. The Hall–Kier alpha value is -3.02. The Bertz CT molecular complexity index is 966. The van der Waals surface area contributed by atoms with E-state index in [4.69, 9.17) is 19.3 Å². The van der Waals surface area contributed by atoms with E-state index in [1.165, 1.54) is 12.5 Å². The van der Waals surface area contributed by atoms with Crippen LogP contribution in [0.5, 0.6) is 17.2 Å². The summed E-state index contributed by atoms with van der Waals surface area (Å²) >= 11 is 0. The lowest BCUT2D eigenvalue weighted by Gasteiger charge is -2.40. The number of hydrogen-bond acceptors (Lipinski definition) is 5. The van der Waals surface area contributed by atoms with Gasteiger partial charge in [0.15, 0.2) is 0 Å². The number of hydrogen-bond donors (Lipinski definition) is 1. The number of benzene rings is 2. The molecule has 1 heterocycles. The maximum atomic E-state index is 11.8. The molecule has 0 saturated heterocycles. The quantitative estimate of drug-likeness (QED) is 0.372. The van der Waals surface area contributed by atoms with Crippen LogP contribution in [0.3, 0.4) is 0 Å². The molecule has 0 fully saturated rings. The molecule has 1 aliphatic rings. The Balaban J connectivity index is 1.73. The second-order valence-electron chi connectivity index (χ2n) is 9.34. The molecule has 33 heavy (non-hydrogen) atoms. The van der Waals surface area contributed by atoms with E-state index in [-0.39, 0.29) is 18.4 Å². The molecule has 1 aliphatic heterocycles. The summed E-state index contributed by atoms with van der Waals surface area (Å²) in [6.45, 7) is 7.33. The van der Waals surface area contributed by atoms with Gasteiger partial charge in [0.05, 0.1) is 6.10 Å². The van der Waals surface area contributed by atoms with Gasteiger partial charge in [0.25, 0.3) is 0 Å². The number of aryl methyl sites for hydroxylation is 1. The number of aliphatic carboxylic acids is 1. The third-order valence-corrected chi connectivity index (χ3v) is 6.16. The average molecular weight is 455 g/mol. The molecular weight excluding hydrogens is 420 g/mol. The van der Waals surface area contributed by atoms with E-state index >= 15 is 0 Å². The molecule has 3 rings (SSSR count). The van der Waals surface area contributed by atoms with E-state index < -0.39 is 17.5 Å². The number of carboxylic acids is 1. The molecule has 2 aromatic carbocycles. The highest BCUT2D eigenvalue weighted by molar-refractivity contribution is 5.71. The van der Waals surface area contributed by atoms with Crippen molar-refractivity contribution in [3.05, 3.63) is 53.6 Å². The maximum Gasteiger partial charge on any atom is 0.308 e. The number of carbonyl (C=O) groups is 2. The van der Waals surface area contributed by atoms with E-state index in [0.29, 0.717) is 30.1 Å². The van der Waals surface area contributed by atoms with Crippen molar-refractivity contribution in [1.29, 1.82) is 0 Å². The second kappa shape index (κ2) is 10.7. The van der Waals surface area contributed by atoms with Crippen molar-refractivity contribution >= 4 is 11.9 Å². The van der Waals surface area contributed by atoms with Crippen molar-refractivity contribution < 1.29 is 28.9 Å². The molecule has 0 radical (unpaired) electrons. The predicted molar refractivity (Wildman–Crippen MR) is 126 cm³/mol. The molecule has 0 saturated carbocycles. The van der Waals surface area contributed by atoms with Crippen molar-refractivity contribution in [2.75, 3.05) is 0 Å². The zero-order valence-electron chi connectivity index (χ0n) is 19.9. The summed E-state index contributed by atoms with van der Waals surface area (Å²) in [5.74, 6) is 0.370. The average Bonchev–Trinajstić information content (AvgIpc) is 2.72. The van der Waals surface area contributed by atoms with E-state index in [2.05, 4.69) is 12.1 Å². The van der Waals surface area contributed by atoms with Gasteiger partial charge in [-0.2, -0.15) is 0 Å². The number of rotatable bonds is 10. The van der Waals surface area contributed by atoms with Crippen molar-refractivity contribution in [3.63, 3.8) is 0 Å². The Morgan fingerprint density at radius 1 is 1.21 bits per heavy atom. The van der Waals surface area contributed by atoms with Crippen LogP contribution in [0.25, 0.3) is 0 Å². The molecule has 0 spiro atoms. The molecule has 6 heteroatoms. The monoisotopic (exact) mass is 454 g/mol. The molecule has 0 aliphatic carbocycles. The lowest BCUT2D eigenvalue weighted by Crippen LogP contribution is -2.42. The lowest BCUT2D eigenvalue weighted by molar-refractivity contribution is -0.137. The van der Waals surface area contributed by atoms with Gasteiger partial charge in [-0.15, -0.1) is 0 Å². The molecule has 0 aromatic heterocycles. The standard InChI is InChI=1S/C27H34O6/c1-18(9-8-12-20-10-6-5-7-11-20)31-22-16-24(32-19(2)28)23-15-21(13-14-26(29)30)27(3,4)33-25(23)17-22/h5-7,10-11,16-18,21H,8-9,12-15H2,1-4H3,(H,29,30)/t18-,21?/m0/s1. The van der Waals surface area contributed by atoms with Crippen molar-refractivity contribution in [2.24, 2.45) is 5.92 Å². The van der Waals surface area contributed by atoms with Gasteiger partial charge < -0.3 is 19.3 Å². The molecule has 2 aromatic rings. The molecular formula is C27H34O6. The third kappa shape index (κ3) is 6.98. The number of carbonyl (C=O) groups excluding carboxylic acids is 1. The maximum absolute atomic E-state index is 11.8. The minimum atomic E-state index is -0.832. The summed E-state index contributed by atoms with van der Waals surface area (Å²) in [5.41, 5.74) is 1.54. The van der Waals surface area contributed by atoms with Gasteiger partial charge >= 0.3 is 11.9 Å². The number of carboxylic acid groups (broad SMARTS) is 1. The summed E-state index contributed by atoms with van der Waals surface area (Å²) < 4.78 is 17.9. The largest absolute Gasteiger partial charge is 0.490 e. The molecule has 0 bridgehead atoms. The van der Waals surface area contributed by atoms with Crippen LogP contribution < -0.4 is 14.2 Å². The Morgan fingerprint density at radius 3 is 2.61 bits per heavy atom. The second-order valence-corrected chi connectivity index (χ2v) is 9.34. The first-order chi connectivity index (χ1) is 15.6. The molecule has 0 amide bonds. The summed E-state index contributed by atoms with van der Waals surface area (Å²) in [5, 5.41) is 9.10. The highest BCUT2D eigenvalue weighted by atomic mass is 16.5. The van der Waals surface area contributed by atoms with Gasteiger partial charge in [-0.3, -0.25) is 9.59 Å². The van der Waals surface area contributed by atoms with Crippen LogP contribution in [0.2, 0.25) is 0 Å². The normalized spacial score (nSPS) is 17.4. The predicted octanol–water partition coefficient (Wildman–Crippen LogP) is 5.60. The smallest absolute Gasteiger partial charge is 0.308 e.